The molecule has 0 heterocycles. The molecule has 0 amide bonds. The zero-order chi connectivity index (χ0) is 18.3. The second-order valence-corrected chi connectivity index (χ2v) is 8.20. The molecule has 6 heteroatoms. The van der Waals surface area contributed by atoms with Crippen molar-refractivity contribution in [1.82, 2.24) is 0 Å². The Morgan fingerprint density at radius 3 is 2.08 bits per heavy atom. The third kappa shape index (κ3) is 2.80. The van der Waals surface area contributed by atoms with E-state index in [1.165, 1.54) is 24.3 Å². The van der Waals surface area contributed by atoms with Crippen LogP contribution in [0.4, 0.5) is 13.2 Å². The molecule has 0 aliphatic heterocycles. The van der Waals surface area contributed by atoms with Crippen molar-refractivity contribution in [2.75, 3.05) is 6.26 Å². The predicted molar refractivity (Wildman–Crippen MR) is 90.5 cm³/mol. The van der Waals surface area contributed by atoms with Gasteiger partial charge in [-0.2, -0.15) is 0 Å². The van der Waals surface area contributed by atoms with Crippen LogP contribution < -0.4 is 0 Å². The lowest BCUT2D eigenvalue weighted by Gasteiger charge is -2.33. The minimum Gasteiger partial charge on any atom is -0.228 e. The molecule has 130 valence electrons. The molecule has 25 heavy (non-hydrogen) atoms. The van der Waals surface area contributed by atoms with Crippen molar-refractivity contribution < 1.29 is 21.6 Å². The molecule has 2 unspecified atom stereocenters. The first-order chi connectivity index (χ1) is 11.7. The molecule has 0 aromatic heterocycles. The van der Waals surface area contributed by atoms with Gasteiger partial charge in [0.15, 0.2) is 9.84 Å². The first kappa shape index (κ1) is 17.5. The number of alkyl halides is 1. The van der Waals surface area contributed by atoms with Crippen LogP contribution in [0, 0.1) is 5.82 Å². The van der Waals surface area contributed by atoms with E-state index in [9.17, 15) is 17.2 Å². The van der Waals surface area contributed by atoms with Gasteiger partial charge in [0.2, 0.25) is 5.67 Å². The zero-order valence-corrected chi connectivity index (χ0v) is 14.1. The lowest BCUT2D eigenvalue weighted by Crippen LogP contribution is -2.36. The first-order valence-corrected chi connectivity index (χ1v) is 9.37. The molecule has 0 saturated heterocycles. The van der Waals surface area contributed by atoms with E-state index in [1.54, 1.807) is 18.2 Å². The van der Waals surface area contributed by atoms with Crippen LogP contribution in [0.2, 0.25) is 0 Å². The highest BCUT2D eigenvalue weighted by Crippen LogP contribution is 2.46. The topological polar surface area (TPSA) is 34.1 Å². The highest BCUT2D eigenvalue weighted by molar-refractivity contribution is 7.92. The van der Waals surface area contributed by atoms with Gasteiger partial charge in [0, 0.05) is 6.26 Å². The molecule has 0 radical (unpaired) electrons. The molecule has 1 aliphatic carbocycles. The first-order valence-electron chi connectivity index (χ1n) is 7.48. The maximum absolute atomic E-state index is 15.2. The fourth-order valence-corrected chi connectivity index (χ4v) is 4.12. The maximum atomic E-state index is 15.2. The molecule has 1 aliphatic rings. The summed E-state index contributed by atoms with van der Waals surface area (Å²) in [7, 11) is -3.96. The van der Waals surface area contributed by atoms with Crippen LogP contribution in [0.25, 0.3) is 0 Å². The fourth-order valence-electron chi connectivity index (χ4n) is 2.93. The van der Waals surface area contributed by atoms with Gasteiger partial charge in [-0.1, -0.05) is 48.5 Å². The SMILES string of the molecule is CS(=O)(=O)C1(c2cccc(F)c2)C=CC(F)(c2ccccc2)C(F)=C1. The Labute approximate surface area is 144 Å². The molecular weight excluding hydrogens is 349 g/mol. The number of rotatable bonds is 3. The summed E-state index contributed by atoms with van der Waals surface area (Å²) >= 11 is 0. The molecular formula is C19H15F3O2S. The Hall–Kier alpha value is -2.34. The molecule has 2 nitrogen and oxygen atoms in total. The summed E-state index contributed by atoms with van der Waals surface area (Å²) in [6.07, 6.45) is 3.57. The minimum atomic E-state index is -3.96. The van der Waals surface area contributed by atoms with E-state index in [-0.39, 0.29) is 11.1 Å². The summed E-state index contributed by atoms with van der Waals surface area (Å²) in [6, 6.07) is 12.4. The molecule has 0 N–H and O–H groups in total. The maximum Gasteiger partial charge on any atom is 0.205 e. The van der Waals surface area contributed by atoms with E-state index in [0.29, 0.717) is 6.08 Å². The Balaban J connectivity index is 2.21. The Morgan fingerprint density at radius 1 is 0.880 bits per heavy atom. The lowest BCUT2D eigenvalue weighted by molar-refractivity contribution is 0.232. The molecule has 0 bridgehead atoms. The molecule has 0 spiro atoms. The van der Waals surface area contributed by atoms with Crippen LogP contribution in [-0.4, -0.2) is 14.7 Å². The highest BCUT2D eigenvalue weighted by Gasteiger charge is 2.47. The monoisotopic (exact) mass is 364 g/mol. The Morgan fingerprint density at radius 2 is 1.52 bits per heavy atom. The number of allylic oxidation sites excluding steroid dienone is 2. The fraction of sp³-hybridized carbons (Fsp3) is 0.158. The highest BCUT2D eigenvalue weighted by atomic mass is 32.2. The van der Waals surface area contributed by atoms with Crippen molar-refractivity contribution in [2.24, 2.45) is 0 Å². The summed E-state index contributed by atoms with van der Waals surface area (Å²) in [5.74, 6) is -1.92. The van der Waals surface area contributed by atoms with Crippen molar-refractivity contribution in [2.45, 2.75) is 10.4 Å². The van der Waals surface area contributed by atoms with Gasteiger partial charge in [0.25, 0.3) is 0 Å². The third-order valence-corrected chi connectivity index (χ3v) is 6.05. The van der Waals surface area contributed by atoms with Crippen LogP contribution in [0.15, 0.2) is 78.7 Å². The number of hydrogen-bond acceptors (Lipinski definition) is 2. The Bertz CT molecular complexity index is 967. The van der Waals surface area contributed by atoms with Crippen molar-refractivity contribution in [3.63, 3.8) is 0 Å². The van der Waals surface area contributed by atoms with E-state index in [0.717, 1.165) is 30.5 Å². The molecule has 2 aromatic carbocycles. The summed E-state index contributed by atoms with van der Waals surface area (Å²) in [5, 5.41) is 0. The third-order valence-electron chi connectivity index (χ3n) is 4.33. The van der Waals surface area contributed by atoms with Gasteiger partial charge in [-0.25, -0.2) is 21.6 Å². The number of benzene rings is 2. The van der Waals surface area contributed by atoms with Crippen LogP contribution >= 0.6 is 0 Å². The van der Waals surface area contributed by atoms with Gasteiger partial charge in [-0.15, -0.1) is 0 Å². The van der Waals surface area contributed by atoms with Crippen LogP contribution in [0.3, 0.4) is 0 Å². The molecule has 2 aromatic rings. The van der Waals surface area contributed by atoms with Crippen molar-refractivity contribution in [1.29, 1.82) is 0 Å². The van der Waals surface area contributed by atoms with Gasteiger partial charge in [0.05, 0.1) is 0 Å². The summed E-state index contributed by atoms with van der Waals surface area (Å²) in [5.41, 5.74) is -2.51. The summed E-state index contributed by atoms with van der Waals surface area (Å²) in [6.45, 7) is 0. The smallest absolute Gasteiger partial charge is 0.205 e. The van der Waals surface area contributed by atoms with Crippen molar-refractivity contribution >= 4 is 9.84 Å². The van der Waals surface area contributed by atoms with Gasteiger partial charge < -0.3 is 0 Å². The quantitative estimate of drug-likeness (QED) is 0.759. The molecule has 2 atom stereocenters. The summed E-state index contributed by atoms with van der Waals surface area (Å²) < 4.78 is 66.5. The average Bonchev–Trinajstić information content (AvgIpc) is 2.57. The largest absolute Gasteiger partial charge is 0.228 e. The Kier molecular flexibility index (Phi) is 4.11. The van der Waals surface area contributed by atoms with E-state index in [1.807, 2.05) is 0 Å². The van der Waals surface area contributed by atoms with Gasteiger partial charge >= 0.3 is 0 Å². The van der Waals surface area contributed by atoms with E-state index in [2.05, 4.69) is 0 Å². The normalized spacial score (nSPS) is 26.3. The van der Waals surface area contributed by atoms with Crippen LogP contribution in [-0.2, 0) is 20.3 Å². The molecule has 3 rings (SSSR count). The predicted octanol–water partition coefficient (Wildman–Crippen LogP) is 4.35. The minimum absolute atomic E-state index is 0.0107. The second kappa shape index (κ2) is 5.88. The van der Waals surface area contributed by atoms with Crippen molar-refractivity contribution in [3.05, 3.63) is 95.6 Å². The summed E-state index contributed by atoms with van der Waals surface area (Å²) in [4.78, 5) is 0. The lowest BCUT2D eigenvalue weighted by atomic mass is 9.84. The van der Waals surface area contributed by atoms with Gasteiger partial charge in [0.1, 0.15) is 16.4 Å². The zero-order valence-electron chi connectivity index (χ0n) is 13.3. The number of hydrogen-bond donors (Lipinski definition) is 0. The van der Waals surface area contributed by atoms with E-state index < -0.39 is 31.9 Å². The van der Waals surface area contributed by atoms with Crippen LogP contribution in [0.5, 0.6) is 0 Å². The second-order valence-electron chi connectivity index (χ2n) is 5.98. The van der Waals surface area contributed by atoms with Crippen molar-refractivity contribution in [3.8, 4) is 0 Å². The van der Waals surface area contributed by atoms with Gasteiger partial charge in [-0.3, -0.25) is 0 Å². The number of halogens is 3. The standard InChI is InChI=1S/C19H15F3O2S/c1-25(23,24)18(15-8-5-9-16(20)12-15)10-11-19(22,17(21)13-18)14-6-3-2-4-7-14/h2-13H,1H3. The van der Waals surface area contributed by atoms with Crippen LogP contribution in [0.1, 0.15) is 11.1 Å². The van der Waals surface area contributed by atoms with E-state index >= 15 is 4.39 Å². The van der Waals surface area contributed by atoms with E-state index in [4.69, 9.17) is 0 Å². The number of sulfone groups is 1. The molecule has 0 saturated carbocycles. The molecule has 0 fully saturated rings. The average molecular weight is 364 g/mol. The van der Waals surface area contributed by atoms with Gasteiger partial charge in [-0.05, 0) is 35.4 Å².